The number of nitrogens with one attached hydrogen (secondary N) is 1. The number of rotatable bonds is 7. The van der Waals surface area contributed by atoms with Crippen LogP contribution in [0.1, 0.15) is 35.9 Å². The first-order valence-corrected chi connectivity index (χ1v) is 11.5. The molecule has 32 heavy (non-hydrogen) atoms. The summed E-state index contributed by atoms with van der Waals surface area (Å²) in [7, 11) is 1.61. The van der Waals surface area contributed by atoms with Gasteiger partial charge in [-0.15, -0.1) is 11.3 Å². The van der Waals surface area contributed by atoms with Crippen molar-refractivity contribution >= 4 is 28.2 Å². The van der Waals surface area contributed by atoms with Gasteiger partial charge in [-0.05, 0) is 43.7 Å². The predicted molar refractivity (Wildman–Crippen MR) is 125 cm³/mol. The van der Waals surface area contributed by atoms with Crippen LogP contribution in [0.25, 0.3) is 11.1 Å². The summed E-state index contributed by atoms with van der Waals surface area (Å²) >= 11 is 1.33. The molecule has 1 N–H and O–H groups in total. The molecule has 1 aliphatic heterocycles. The summed E-state index contributed by atoms with van der Waals surface area (Å²) < 4.78 is 12.7. The first-order chi connectivity index (χ1) is 15.5. The fourth-order valence-corrected chi connectivity index (χ4v) is 5.01. The van der Waals surface area contributed by atoms with Gasteiger partial charge in [-0.3, -0.25) is 9.69 Å². The highest BCUT2D eigenvalue weighted by Gasteiger charge is 2.27. The maximum absolute atomic E-state index is 12.9. The fourth-order valence-electron chi connectivity index (χ4n) is 4.03. The van der Waals surface area contributed by atoms with Gasteiger partial charge in [-0.25, -0.2) is 4.79 Å². The molecule has 0 saturated heterocycles. The average Bonchev–Trinajstić information content (AvgIpc) is 3.43. The normalized spacial score (nSPS) is 15.8. The van der Waals surface area contributed by atoms with Gasteiger partial charge in [0.25, 0.3) is 0 Å². The van der Waals surface area contributed by atoms with Crippen LogP contribution < -0.4 is 10.1 Å². The van der Waals surface area contributed by atoms with Crippen molar-refractivity contribution in [3.05, 3.63) is 59.2 Å². The number of benzene rings is 1. The van der Waals surface area contributed by atoms with E-state index in [2.05, 4.69) is 34.0 Å². The zero-order chi connectivity index (χ0) is 22.7. The summed E-state index contributed by atoms with van der Waals surface area (Å²) in [4.78, 5) is 27.8. The number of hydrogen-bond donors (Lipinski definition) is 1. The van der Waals surface area contributed by atoms with E-state index in [1.54, 1.807) is 14.0 Å². The van der Waals surface area contributed by atoms with Crippen LogP contribution in [0.15, 0.2) is 48.0 Å². The van der Waals surface area contributed by atoms with Crippen molar-refractivity contribution in [2.75, 3.05) is 32.1 Å². The zero-order valence-corrected chi connectivity index (χ0v) is 19.3. The Morgan fingerprint density at radius 1 is 1.19 bits per heavy atom. The van der Waals surface area contributed by atoms with Gasteiger partial charge in [0, 0.05) is 42.0 Å². The molecule has 1 aromatic carbocycles. The Morgan fingerprint density at radius 3 is 2.69 bits per heavy atom. The molecular weight excluding hydrogens is 426 g/mol. The molecule has 3 heterocycles. The van der Waals surface area contributed by atoms with Gasteiger partial charge in [0.05, 0.1) is 20.3 Å². The number of carbonyl (C=O) groups is 2. The molecule has 0 spiro atoms. The topological polar surface area (TPSA) is 72.8 Å². The lowest BCUT2D eigenvalue weighted by molar-refractivity contribution is -0.118. The lowest BCUT2D eigenvalue weighted by Gasteiger charge is -2.34. The highest BCUT2D eigenvalue weighted by Crippen LogP contribution is 2.37. The number of fused-ring (bicyclic) bond motifs is 1. The van der Waals surface area contributed by atoms with Crippen LogP contribution in [-0.4, -0.2) is 48.1 Å². The molecule has 0 bridgehead atoms. The number of aromatic nitrogens is 1. The van der Waals surface area contributed by atoms with Crippen molar-refractivity contribution in [1.29, 1.82) is 0 Å². The molecule has 1 aliphatic rings. The van der Waals surface area contributed by atoms with Crippen molar-refractivity contribution in [2.45, 2.75) is 26.4 Å². The molecule has 4 rings (SSSR count). The third kappa shape index (κ3) is 4.42. The molecule has 0 radical (unpaired) electrons. The molecule has 0 aliphatic carbocycles. The van der Waals surface area contributed by atoms with Crippen molar-refractivity contribution < 1.29 is 19.1 Å². The number of ether oxygens (including phenoxy) is 2. The standard InChI is InChI=1S/C24H27N3O4S/c1-4-31-24(29)22-19(17-7-9-18(30-3)10-8-17)15-32-23(22)25-21(28)14-27-13-12-26-11-5-6-20(26)16(27)2/h5-11,15-16H,4,12-14H2,1-3H3,(H,25,28). The lowest BCUT2D eigenvalue weighted by Crippen LogP contribution is -2.41. The molecule has 8 heteroatoms. The largest absolute Gasteiger partial charge is 0.497 e. The summed E-state index contributed by atoms with van der Waals surface area (Å²) in [5, 5.41) is 5.34. The van der Waals surface area contributed by atoms with Crippen molar-refractivity contribution in [3.8, 4) is 16.9 Å². The van der Waals surface area contributed by atoms with Crippen LogP contribution in [0.3, 0.4) is 0 Å². The van der Waals surface area contributed by atoms with Crippen LogP contribution in [0, 0.1) is 0 Å². The summed E-state index contributed by atoms with van der Waals surface area (Å²) in [6, 6.07) is 11.7. The number of methoxy groups -OCH3 is 1. The van der Waals surface area contributed by atoms with Crippen molar-refractivity contribution in [2.24, 2.45) is 0 Å². The third-order valence-corrected chi connectivity index (χ3v) is 6.64. The summed E-state index contributed by atoms with van der Waals surface area (Å²) in [6.07, 6.45) is 2.07. The van der Waals surface area contributed by atoms with Crippen molar-refractivity contribution in [3.63, 3.8) is 0 Å². The van der Waals surface area contributed by atoms with E-state index in [0.717, 1.165) is 30.0 Å². The number of thiophene rings is 1. The molecule has 0 fully saturated rings. The number of anilines is 1. The van der Waals surface area contributed by atoms with E-state index in [4.69, 9.17) is 9.47 Å². The Hall–Kier alpha value is -3.10. The molecule has 3 aromatic rings. The Labute approximate surface area is 191 Å². The van der Waals surface area contributed by atoms with E-state index in [-0.39, 0.29) is 25.1 Å². The smallest absolute Gasteiger partial charge is 0.341 e. The minimum Gasteiger partial charge on any atom is -0.497 e. The molecule has 1 atom stereocenters. The molecule has 1 amide bonds. The van der Waals surface area contributed by atoms with E-state index < -0.39 is 5.97 Å². The second-order valence-corrected chi connectivity index (χ2v) is 8.50. The van der Waals surface area contributed by atoms with Gasteiger partial charge >= 0.3 is 5.97 Å². The maximum atomic E-state index is 12.9. The number of esters is 1. The third-order valence-electron chi connectivity index (χ3n) is 5.74. The summed E-state index contributed by atoms with van der Waals surface area (Å²) in [5.41, 5.74) is 3.18. The first kappa shape index (κ1) is 22.1. The second kappa shape index (κ2) is 9.58. The van der Waals surface area contributed by atoms with Crippen LogP contribution in [0.5, 0.6) is 5.75 Å². The van der Waals surface area contributed by atoms with E-state index in [1.165, 1.54) is 17.0 Å². The van der Waals surface area contributed by atoms with Gasteiger partial charge in [0.15, 0.2) is 0 Å². The Bertz CT molecular complexity index is 1100. The van der Waals surface area contributed by atoms with Gasteiger partial charge in [0.1, 0.15) is 16.3 Å². The minimum atomic E-state index is -0.445. The SMILES string of the molecule is CCOC(=O)c1c(-c2ccc(OC)cc2)csc1NC(=O)CN1CCn2cccc2C1C. The Morgan fingerprint density at radius 2 is 1.97 bits per heavy atom. The number of carbonyl (C=O) groups excluding carboxylic acids is 2. The quantitative estimate of drug-likeness (QED) is 0.536. The molecular formula is C24H27N3O4S. The molecule has 1 unspecified atom stereocenters. The van der Waals surface area contributed by atoms with E-state index >= 15 is 0 Å². The summed E-state index contributed by atoms with van der Waals surface area (Å²) in [5.74, 6) is 0.140. The maximum Gasteiger partial charge on any atom is 0.341 e. The fraction of sp³-hybridized carbons (Fsp3) is 0.333. The van der Waals surface area contributed by atoms with Crippen LogP contribution in [-0.2, 0) is 16.1 Å². The van der Waals surface area contributed by atoms with E-state index in [0.29, 0.717) is 10.6 Å². The zero-order valence-electron chi connectivity index (χ0n) is 18.5. The van der Waals surface area contributed by atoms with Gasteiger partial charge in [0.2, 0.25) is 5.91 Å². The van der Waals surface area contributed by atoms with Gasteiger partial charge in [-0.1, -0.05) is 12.1 Å². The highest BCUT2D eigenvalue weighted by molar-refractivity contribution is 7.15. The van der Waals surface area contributed by atoms with Gasteiger partial charge < -0.3 is 19.4 Å². The Balaban J connectivity index is 1.54. The first-order valence-electron chi connectivity index (χ1n) is 10.6. The number of amides is 1. The van der Waals surface area contributed by atoms with Gasteiger partial charge in [-0.2, -0.15) is 0 Å². The van der Waals surface area contributed by atoms with Crippen LogP contribution in [0.4, 0.5) is 5.00 Å². The van der Waals surface area contributed by atoms with E-state index in [1.807, 2.05) is 35.7 Å². The van der Waals surface area contributed by atoms with Crippen LogP contribution in [0.2, 0.25) is 0 Å². The second-order valence-electron chi connectivity index (χ2n) is 7.62. The molecule has 0 saturated carbocycles. The molecule has 168 valence electrons. The van der Waals surface area contributed by atoms with Crippen LogP contribution >= 0.6 is 11.3 Å². The predicted octanol–water partition coefficient (Wildman–Crippen LogP) is 4.42. The minimum absolute atomic E-state index is 0.146. The Kier molecular flexibility index (Phi) is 6.62. The highest BCUT2D eigenvalue weighted by atomic mass is 32.1. The number of hydrogen-bond acceptors (Lipinski definition) is 6. The molecule has 7 nitrogen and oxygen atoms in total. The monoisotopic (exact) mass is 453 g/mol. The lowest BCUT2D eigenvalue weighted by atomic mass is 10.0. The van der Waals surface area contributed by atoms with Crippen molar-refractivity contribution in [1.82, 2.24) is 9.47 Å². The molecule has 2 aromatic heterocycles. The number of nitrogens with zero attached hydrogens (tertiary/aromatic N) is 2. The average molecular weight is 454 g/mol. The van der Waals surface area contributed by atoms with E-state index in [9.17, 15) is 9.59 Å². The summed E-state index contributed by atoms with van der Waals surface area (Å²) in [6.45, 7) is 6.04.